The first-order valence-corrected chi connectivity index (χ1v) is 9.67. The highest BCUT2D eigenvalue weighted by atomic mass is 35.5. The molecule has 2 amide bonds. The van der Waals surface area contributed by atoms with Crippen LogP contribution >= 0.6 is 11.6 Å². The molecule has 0 unspecified atom stereocenters. The van der Waals surface area contributed by atoms with E-state index in [1.54, 1.807) is 30.3 Å². The van der Waals surface area contributed by atoms with Crippen molar-refractivity contribution in [2.45, 2.75) is 13.8 Å². The van der Waals surface area contributed by atoms with E-state index in [4.69, 9.17) is 11.6 Å². The number of aromatic hydroxyl groups is 1. The lowest BCUT2D eigenvalue weighted by molar-refractivity contribution is -0.118. The number of hydrogen-bond acceptors (Lipinski definition) is 3. The van der Waals surface area contributed by atoms with E-state index in [0.717, 1.165) is 11.1 Å². The predicted octanol–water partition coefficient (Wildman–Crippen LogP) is 5.32. The molecule has 0 spiro atoms. The molecule has 5 nitrogen and oxygen atoms in total. The number of carbonyl (C=O) groups is 2. The van der Waals surface area contributed by atoms with Crippen molar-refractivity contribution in [2.75, 3.05) is 10.6 Å². The van der Waals surface area contributed by atoms with Crippen LogP contribution in [0.1, 0.15) is 16.7 Å². The van der Waals surface area contributed by atoms with Crippen LogP contribution < -0.4 is 10.6 Å². The number of amides is 2. The fourth-order valence-electron chi connectivity index (χ4n) is 2.82. The molecule has 3 aromatic carbocycles. The van der Waals surface area contributed by atoms with Gasteiger partial charge in [-0.25, -0.2) is 0 Å². The number of nitrogens with one attached hydrogen (secondary N) is 2. The lowest BCUT2D eigenvalue weighted by Gasteiger charge is -2.13. The Hall–Kier alpha value is -3.57. The van der Waals surface area contributed by atoms with Crippen molar-refractivity contribution in [3.8, 4) is 5.75 Å². The van der Waals surface area contributed by atoms with Crippen molar-refractivity contribution >= 4 is 40.9 Å². The summed E-state index contributed by atoms with van der Waals surface area (Å²) in [6.45, 7) is 3.73. The van der Waals surface area contributed by atoms with Gasteiger partial charge in [0.05, 0.1) is 5.02 Å². The summed E-state index contributed by atoms with van der Waals surface area (Å²) >= 11 is 5.98. The standard InChI is InChI=1S/C24H21ClN2O3/c1-15-7-3-5-9-20(15)26-23(29)18(13-17-11-12-22(28)19(25)14-17)24(30)27-21-10-6-4-8-16(21)2/h3-14,28H,1-2H3,(H,26,29)(H,27,30). The monoisotopic (exact) mass is 420 g/mol. The number of benzene rings is 3. The third-order valence-electron chi connectivity index (χ3n) is 4.56. The SMILES string of the molecule is Cc1ccccc1NC(=O)C(=Cc1ccc(O)c(Cl)c1)C(=O)Nc1ccccc1C. The van der Waals surface area contributed by atoms with E-state index in [1.807, 2.05) is 38.1 Å². The van der Waals surface area contributed by atoms with Crippen molar-refractivity contribution in [3.05, 3.63) is 94.0 Å². The van der Waals surface area contributed by atoms with Crippen molar-refractivity contribution in [2.24, 2.45) is 0 Å². The quantitative estimate of drug-likeness (QED) is 0.297. The Labute approximate surface area is 180 Å². The molecule has 152 valence electrons. The number of rotatable bonds is 5. The molecule has 0 aliphatic carbocycles. The van der Waals surface area contributed by atoms with Gasteiger partial charge in [0.2, 0.25) is 0 Å². The maximum absolute atomic E-state index is 13.0. The molecule has 3 N–H and O–H groups in total. The Bertz CT molecular complexity index is 1080. The van der Waals surface area contributed by atoms with Gasteiger partial charge in [-0.15, -0.1) is 0 Å². The van der Waals surface area contributed by atoms with Gasteiger partial charge in [0.1, 0.15) is 11.3 Å². The minimum atomic E-state index is -0.556. The number of carbonyl (C=O) groups excluding carboxylic acids is 2. The molecule has 0 radical (unpaired) electrons. The Morgan fingerprint density at radius 2 is 1.33 bits per heavy atom. The Kier molecular flexibility index (Phi) is 6.54. The van der Waals surface area contributed by atoms with E-state index in [0.29, 0.717) is 16.9 Å². The number of aryl methyl sites for hydroxylation is 2. The molecular formula is C24H21ClN2O3. The van der Waals surface area contributed by atoms with Crippen LogP contribution in [0.15, 0.2) is 72.3 Å². The number of halogens is 1. The predicted molar refractivity (Wildman–Crippen MR) is 121 cm³/mol. The van der Waals surface area contributed by atoms with Crippen molar-refractivity contribution in [3.63, 3.8) is 0 Å². The lowest BCUT2D eigenvalue weighted by Crippen LogP contribution is -2.25. The van der Waals surface area contributed by atoms with Crippen LogP contribution in [0.25, 0.3) is 6.08 Å². The van der Waals surface area contributed by atoms with E-state index < -0.39 is 11.8 Å². The van der Waals surface area contributed by atoms with Crippen LogP contribution in [-0.2, 0) is 9.59 Å². The summed E-state index contributed by atoms with van der Waals surface area (Å²) in [6, 6.07) is 19.1. The summed E-state index contributed by atoms with van der Waals surface area (Å²) in [5, 5.41) is 15.3. The van der Waals surface area contributed by atoms with E-state index in [2.05, 4.69) is 10.6 Å². The molecule has 6 heteroatoms. The summed E-state index contributed by atoms with van der Waals surface area (Å²) in [5.74, 6) is -1.19. The van der Waals surface area contributed by atoms with Gasteiger partial charge in [-0.1, -0.05) is 54.1 Å². The van der Waals surface area contributed by atoms with E-state index >= 15 is 0 Å². The topological polar surface area (TPSA) is 78.4 Å². The van der Waals surface area contributed by atoms with Crippen LogP contribution in [0.5, 0.6) is 5.75 Å². The molecule has 30 heavy (non-hydrogen) atoms. The smallest absolute Gasteiger partial charge is 0.261 e. The second-order valence-corrected chi connectivity index (χ2v) is 7.21. The molecule has 0 saturated heterocycles. The first-order valence-electron chi connectivity index (χ1n) is 9.29. The number of para-hydroxylation sites is 2. The summed E-state index contributed by atoms with van der Waals surface area (Å²) < 4.78 is 0. The number of phenols is 1. The van der Waals surface area contributed by atoms with Crippen molar-refractivity contribution in [1.82, 2.24) is 0 Å². The first kappa shape index (κ1) is 21.1. The number of hydrogen-bond donors (Lipinski definition) is 3. The molecule has 0 heterocycles. The third-order valence-corrected chi connectivity index (χ3v) is 4.86. The van der Waals surface area contributed by atoms with E-state index in [1.165, 1.54) is 18.2 Å². The summed E-state index contributed by atoms with van der Waals surface area (Å²) in [5.41, 5.74) is 3.38. The molecular weight excluding hydrogens is 400 g/mol. The highest BCUT2D eigenvalue weighted by molar-refractivity contribution is 6.32. The molecule has 0 atom stereocenters. The number of anilines is 2. The molecule has 0 aromatic heterocycles. The van der Waals surface area contributed by atoms with Crippen molar-refractivity contribution in [1.29, 1.82) is 0 Å². The average Bonchev–Trinajstić information content (AvgIpc) is 2.72. The molecule has 0 fully saturated rings. The molecule has 0 bridgehead atoms. The van der Waals surface area contributed by atoms with Gasteiger partial charge >= 0.3 is 0 Å². The summed E-state index contributed by atoms with van der Waals surface area (Å²) in [7, 11) is 0. The van der Waals surface area contributed by atoms with E-state index in [9.17, 15) is 14.7 Å². The lowest BCUT2D eigenvalue weighted by atomic mass is 10.1. The molecule has 0 aliphatic heterocycles. The second kappa shape index (κ2) is 9.29. The maximum Gasteiger partial charge on any atom is 0.261 e. The third kappa shape index (κ3) is 5.07. The highest BCUT2D eigenvalue weighted by Crippen LogP contribution is 2.25. The Morgan fingerprint density at radius 1 is 0.833 bits per heavy atom. The van der Waals surface area contributed by atoms with Gasteiger partial charge in [0.15, 0.2) is 0 Å². The van der Waals surface area contributed by atoms with Gasteiger partial charge in [-0.2, -0.15) is 0 Å². The zero-order chi connectivity index (χ0) is 21.7. The Balaban J connectivity index is 1.97. The zero-order valence-electron chi connectivity index (χ0n) is 16.6. The van der Waals surface area contributed by atoms with Gasteiger partial charge < -0.3 is 15.7 Å². The molecule has 3 rings (SSSR count). The highest BCUT2D eigenvalue weighted by Gasteiger charge is 2.20. The Morgan fingerprint density at radius 3 is 1.80 bits per heavy atom. The average molecular weight is 421 g/mol. The van der Waals surface area contributed by atoms with Gasteiger partial charge in [0, 0.05) is 11.4 Å². The fourth-order valence-corrected chi connectivity index (χ4v) is 3.01. The minimum absolute atomic E-state index is 0.0795. The van der Waals surface area contributed by atoms with E-state index in [-0.39, 0.29) is 16.3 Å². The van der Waals surface area contributed by atoms with Gasteiger partial charge in [-0.3, -0.25) is 9.59 Å². The molecule has 0 aliphatic rings. The fraction of sp³-hybridized carbons (Fsp3) is 0.0833. The molecule has 3 aromatic rings. The van der Waals surface area contributed by atoms with Crippen LogP contribution in [0.4, 0.5) is 11.4 Å². The molecule has 0 saturated carbocycles. The maximum atomic E-state index is 13.0. The van der Waals surface area contributed by atoms with Crippen molar-refractivity contribution < 1.29 is 14.7 Å². The van der Waals surface area contributed by atoms with Crippen LogP contribution in [-0.4, -0.2) is 16.9 Å². The van der Waals surface area contributed by atoms with Crippen LogP contribution in [0.2, 0.25) is 5.02 Å². The minimum Gasteiger partial charge on any atom is -0.506 e. The van der Waals surface area contributed by atoms with Crippen LogP contribution in [0.3, 0.4) is 0 Å². The second-order valence-electron chi connectivity index (χ2n) is 6.81. The summed E-state index contributed by atoms with van der Waals surface area (Å²) in [6.07, 6.45) is 1.44. The normalized spacial score (nSPS) is 10.2. The van der Waals surface area contributed by atoms with Crippen LogP contribution in [0, 0.1) is 13.8 Å². The zero-order valence-corrected chi connectivity index (χ0v) is 17.3. The first-order chi connectivity index (χ1) is 14.3. The summed E-state index contributed by atoms with van der Waals surface area (Å²) in [4.78, 5) is 26.0. The largest absolute Gasteiger partial charge is 0.506 e. The number of phenolic OH excluding ortho intramolecular Hbond substituents is 1. The van der Waals surface area contributed by atoms with Gasteiger partial charge in [-0.05, 0) is 60.9 Å². The van der Waals surface area contributed by atoms with Gasteiger partial charge in [0.25, 0.3) is 11.8 Å².